The van der Waals surface area contributed by atoms with Crippen LogP contribution in [0, 0.1) is 11.8 Å². The van der Waals surface area contributed by atoms with Crippen LogP contribution >= 0.6 is 43.4 Å². The minimum absolute atomic E-state index is 0.238. The molecule has 4 fully saturated rings. The summed E-state index contributed by atoms with van der Waals surface area (Å²) in [6.45, 7) is 0. The molecule has 6 unspecified atom stereocenters. The molecule has 2 heterocycles. The van der Waals surface area contributed by atoms with Gasteiger partial charge in [-0.05, 0) is 0 Å². The van der Waals surface area contributed by atoms with Gasteiger partial charge in [-0.2, -0.15) is 0 Å². The van der Waals surface area contributed by atoms with Crippen LogP contribution in [0.25, 0.3) is 0 Å². The van der Waals surface area contributed by atoms with Gasteiger partial charge in [-0.25, -0.2) is 0 Å². The van der Waals surface area contributed by atoms with Crippen LogP contribution in [0.1, 0.15) is 19.3 Å². The number of rotatable bonds is 0. The molecule has 4 bridgehead atoms. The first kappa shape index (κ1) is 10.8. The van der Waals surface area contributed by atoms with E-state index in [4.69, 9.17) is 43.4 Å². The molecule has 0 radical (unpaired) electrons. The second-order valence-electron chi connectivity index (χ2n) is 4.74. The second kappa shape index (κ2) is 3.34. The summed E-state index contributed by atoms with van der Waals surface area (Å²) in [6.07, 6.45) is 3.38. The molecule has 0 aromatic heterocycles. The Kier molecular flexibility index (Phi) is 2.58. The van der Waals surface area contributed by atoms with Crippen molar-refractivity contribution in [1.29, 1.82) is 0 Å². The van der Waals surface area contributed by atoms with E-state index in [0.717, 1.165) is 12.8 Å². The first-order valence-electron chi connectivity index (χ1n) is 5.00. The van der Waals surface area contributed by atoms with Crippen molar-refractivity contribution in [3.8, 4) is 0 Å². The van der Waals surface area contributed by atoms with E-state index in [1.807, 2.05) is 0 Å². The molecule has 4 rings (SSSR count). The zero-order valence-electron chi connectivity index (χ0n) is 7.51. The molecule has 82 valence electrons. The normalized spacial score (nSPS) is 61.4. The molecule has 4 aliphatic rings. The Balaban J connectivity index is 2.01. The summed E-state index contributed by atoms with van der Waals surface area (Å²) in [5.41, 5.74) is 0. The van der Waals surface area contributed by atoms with Crippen molar-refractivity contribution in [2.45, 2.75) is 39.6 Å². The first-order valence-corrected chi connectivity index (χ1v) is 12.4. The maximum absolute atomic E-state index is 6.57. The molecule has 5 heteroatoms. The molecule has 2 aliphatic carbocycles. The van der Waals surface area contributed by atoms with Gasteiger partial charge in [0.1, 0.15) is 0 Å². The fourth-order valence-electron chi connectivity index (χ4n) is 3.39. The van der Waals surface area contributed by atoms with Gasteiger partial charge in [-0.15, -0.1) is 0 Å². The van der Waals surface area contributed by atoms with Crippen molar-refractivity contribution in [2.75, 3.05) is 0 Å². The Morgan fingerprint density at radius 2 is 1.21 bits per heavy atom. The minimum atomic E-state index is -2.38. The van der Waals surface area contributed by atoms with Crippen LogP contribution in [-0.4, -0.2) is 21.8 Å². The molecule has 6 atom stereocenters. The molecular formula is C9H12Cl4Se. The second-order valence-corrected chi connectivity index (χ2v) is 16.7. The number of hydrogen-bond donors (Lipinski definition) is 0. The Labute approximate surface area is 105 Å². The van der Waals surface area contributed by atoms with Gasteiger partial charge in [-0.1, -0.05) is 0 Å². The van der Waals surface area contributed by atoms with E-state index in [9.17, 15) is 0 Å². The fraction of sp³-hybridized carbons (Fsp3) is 1.00. The van der Waals surface area contributed by atoms with Crippen LogP contribution in [0.3, 0.4) is 0 Å². The van der Waals surface area contributed by atoms with E-state index >= 15 is 0 Å². The zero-order valence-corrected chi connectivity index (χ0v) is 12.2. The van der Waals surface area contributed by atoms with E-state index in [2.05, 4.69) is 0 Å². The van der Waals surface area contributed by atoms with Crippen molar-refractivity contribution in [2.24, 2.45) is 11.8 Å². The molecular weight excluding hydrogens is 329 g/mol. The first-order chi connectivity index (χ1) is 6.51. The monoisotopic (exact) mass is 340 g/mol. The van der Waals surface area contributed by atoms with Crippen LogP contribution in [0.5, 0.6) is 0 Å². The molecule has 0 nitrogen and oxygen atoms in total. The van der Waals surface area contributed by atoms with E-state index in [1.165, 1.54) is 6.42 Å². The van der Waals surface area contributed by atoms with E-state index in [1.54, 1.807) is 0 Å². The molecule has 2 aliphatic heterocycles. The van der Waals surface area contributed by atoms with Gasteiger partial charge >= 0.3 is 106 Å². The molecule has 2 saturated carbocycles. The Morgan fingerprint density at radius 3 is 1.64 bits per heavy atom. The molecule has 14 heavy (non-hydrogen) atoms. The van der Waals surface area contributed by atoms with Crippen molar-refractivity contribution in [3.05, 3.63) is 0 Å². The van der Waals surface area contributed by atoms with Gasteiger partial charge in [0.2, 0.25) is 0 Å². The standard InChI is InChI=1S/C9H12Cl4Se/c10-8-4-1-5-3-7(8)14(12,13)6(2-4)9(5)11/h4-9H,1-3H2. The number of halogens is 4. The SMILES string of the molecule is ClC1C2CC3CC1[Se](Cl)(Cl)C(C2)C3Cl. The summed E-state index contributed by atoms with van der Waals surface area (Å²) in [6, 6.07) is 0. The van der Waals surface area contributed by atoms with Gasteiger partial charge < -0.3 is 0 Å². The quantitative estimate of drug-likeness (QED) is 0.455. The van der Waals surface area contributed by atoms with Crippen LogP contribution < -0.4 is 0 Å². The van der Waals surface area contributed by atoms with Gasteiger partial charge in [0, 0.05) is 0 Å². The average Bonchev–Trinajstić information content (AvgIpc) is 2.11. The summed E-state index contributed by atoms with van der Waals surface area (Å²) in [5.74, 6) is 1.28. The number of hydrogen-bond acceptors (Lipinski definition) is 0. The molecule has 0 spiro atoms. The van der Waals surface area contributed by atoms with Gasteiger partial charge in [-0.3, -0.25) is 0 Å². The van der Waals surface area contributed by atoms with E-state index in [0.29, 0.717) is 21.5 Å². The van der Waals surface area contributed by atoms with Crippen molar-refractivity contribution >= 4 is 54.4 Å². The average molecular weight is 341 g/mol. The molecule has 0 N–H and O–H groups in total. The Bertz CT molecular complexity index is 246. The van der Waals surface area contributed by atoms with Crippen molar-refractivity contribution < 1.29 is 0 Å². The summed E-state index contributed by atoms with van der Waals surface area (Å²) < 4.78 is 0. The third-order valence-corrected chi connectivity index (χ3v) is 16.3. The maximum atomic E-state index is 6.57. The Hall–Kier alpha value is 1.68. The molecule has 2 saturated heterocycles. The van der Waals surface area contributed by atoms with Gasteiger partial charge in [0.15, 0.2) is 0 Å². The summed E-state index contributed by atoms with van der Waals surface area (Å²) >= 11 is 10.5. The van der Waals surface area contributed by atoms with Crippen LogP contribution in [0.4, 0.5) is 0 Å². The predicted octanol–water partition coefficient (Wildman–Crippen LogP) is 4.30. The van der Waals surface area contributed by atoms with Crippen LogP contribution in [0.2, 0.25) is 9.63 Å². The van der Waals surface area contributed by atoms with Crippen molar-refractivity contribution in [3.63, 3.8) is 0 Å². The Morgan fingerprint density at radius 1 is 0.786 bits per heavy atom. The van der Waals surface area contributed by atoms with Gasteiger partial charge in [0.25, 0.3) is 0 Å². The van der Waals surface area contributed by atoms with Gasteiger partial charge in [0.05, 0.1) is 0 Å². The fourth-order valence-corrected chi connectivity index (χ4v) is 16.0. The van der Waals surface area contributed by atoms with E-state index < -0.39 is 11.0 Å². The van der Waals surface area contributed by atoms with Crippen LogP contribution in [-0.2, 0) is 0 Å². The topological polar surface area (TPSA) is 0 Å². The summed E-state index contributed by atoms with van der Waals surface area (Å²) in [7, 11) is 13.1. The third-order valence-electron chi connectivity index (χ3n) is 4.09. The summed E-state index contributed by atoms with van der Waals surface area (Å²) in [4.78, 5) is 0.822. The third kappa shape index (κ3) is 1.27. The molecule has 0 aromatic carbocycles. The van der Waals surface area contributed by atoms with Crippen LogP contribution in [0.15, 0.2) is 0 Å². The number of alkyl halides is 2. The van der Waals surface area contributed by atoms with Crippen molar-refractivity contribution in [1.82, 2.24) is 0 Å². The van der Waals surface area contributed by atoms with E-state index in [-0.39, 0.29) is 10.8 Å². The predicted molar refractivity (Wildman–Crippen MR) is 65.1 cm³/mol. The zero-order chi connectivity index (χ0) is 10.1. The summed E-state index contributed by atoms with van der Waals surface area (Å²) in [5, 5.41) is 0.475. The molecule has 0 amide bonds. The molecule has 0 aromatic rings.